The fourth-order valence-electron chi connectivity index (χ4n) is 3.30. The number of benzene rings is 1. The summed E-state index contributed by atoms with van der Waals surface area (Å²) in [5.41, 5.74) is 3.74. The Labute approximate surface area is 143 Å². The summed E-state index contributed by atoms with van der Waals surface area (Å²) in [6.45, 7) is 8.32. The molecule has 0 aliphatic carbocycles. The third-order valence-electron chi connectivity index (χ3n) is 4.85. The Morgan fingerprint density at radius 2 is 1.88 bits per heavy atom. The van der Waals surface area contributed by atoms with Crippen LogP contribution in [0.5, 0.6) is 0 Å². The maximum atomic E-state index is 13.2. The first-order valence-electron chi connectivity index (χ1n) is 8.39. The number of aryl methyl sites for hydroxylation is 4. The van der Waals surface area contributed by atoms with Crippen LogP contribution < -0.4 is 0 Å². The Hall–Kier alpha value is -1.66. The number of hydrogen-bond donors (Lipinski definition) is 0. The standard InChI is InChI=1S/C18H24N2O3S/c1-5-15-11-17(23-19-15)16-7-6-8-20(16)24(21,22)18-10-13(3)12(2)9-14(18)4/h9-11,16H,5-8H2,1-4H3/t16-/m1/s1. The first-order chi connectivity index (χ1) is 11.3. The molecule has 0 radical (unpaired) electrons. The van der Waals surface area contributed by atoms with Crippen molar-refractivity contribution in [2.45, 2.75) is 57.9 Å². The van der Waals surface area contributed by atoms with Crippen LogP contribution >= 0.6 is 0 Å². The van der Waals surface area contributed by atoms with Crippen molar-refractivity contribution in [3.8, 4) is 0 Å². The molecule has 2 heterocycles. The molecule has 1 aliphatic heterocycles. The van der Waals surface area contributed by atoms with Crippen molar-refractivity contribution in [3.63, 3.8) is 0 Å². The molecule has 1 aromatic carbocycles. The van der Waals surface area contributed by atoms with E-state index in [4.69, 9.17) is 4.52 Å². The zero-order valence-electron chi connectivity index (χ0n) is 14.7. The lowest BCUT2D eigenvalue weighted by Gasteiger charge is -2.23. The minimum atomic E-state index is -3.56. The van der Waals surface area contributed by atoms with Crippen LogP contribution in [0.25, 0.3) is 0 Å². The Kier molecular flexibility index (Phi) is 4.53. The molecule has 3 rings (SSSR count). The molecule has 0 spiro atoms. The van der Waals surface area contributed by atoms with Crippen molar-refractivity contribution in [2.24, 2.45) is 0 Å². The molecule has 1 aliphatic rings. The molecule has 1 atom stereocenters. The van der Waals surface area contributed by atoms with Gasteiger partial charge in [0.2, 0.25) is 10.0 Å². The van der Waals surface area contributed by atoms with E-state index < -0.39 is 10.0 Å². The number of nitrogens with zero attached hydrogens (tertiary/aromatic N) is 2. The van der Waals surface area contributed by atoms with Crippen LogP contribution in [0.3, 0.4) is 0 Å². The Morgan fingerprint density at radius 1 is 1.17 bits per heavy atom. The van der Waals surface area contributed by atoms with Crippen LogP contribution in [-0.4, -0.2) is 24.4 Å². The third-order valence-corrected chi connectivity index (χ3v) is 6.90. The molecule has 0 amide bonds. The summed E-state index contributed by atoms with van der Waals surface area (Å²) < 4.78 is 33.5. The van der Waals surface area contributed by atoms with E-state index in [1.165, 1.54) is 0 Å². The molecule has 0 saturated carbocycles. The average Bonchev–Trinajstić information content (AvgIpc) is 3.18. The fourth-order valence-corrected chi connectivity index (χ4v) is 5.26. The van der Waals surface area contributed by atoms with Gasteiger partial charge < -0.3 is 4.52 Å². The first-order valence-corrected chi connectivity index (χ1v) is 9.83. The molecular weight excluding hydrogens is 324 g/mol. The number of rotatable bonds is 4. The van der Waals surface area contributed by atoms with Gasteiger partial charge in [0.15, 0.2) is 5.76 Å². The van der Waals surface area contributed by atoms with Crippen LogP contribution in [0, 0.1) is 20.8 Å². The van der Waals surface area contributed by atoms with Crippen LogP contribution in [0.2, 0.25) is 0 Å². The second-order valence-electron chi connectivity index (χ2n) is 6.55. The van der Waals surface area contributed by atoms with Gasteiger partial charge in [0, 0.05) is 12.6 Å². The summed E-state index contributed by atoms with van der Waals surface area (Å²) >= 11 is 0. The maximum absolute atomic E-state index is 13.2. The lowest BCUT2D eigenvalue weighted by Crippen LogP contribution is -2.31. The molecule has 24 heavy (non-hydrogen) atoms. The summed E-state index contributed by atoms with van der Waals surface area (Å²) in [7, 11) is -3.56. The third kappa shape index (κ3) is 2.89. The van der Waals surface area contributed by atoms with E-state index in [1.54, 1.807) is 10.4 Å². The van der Waals surface area contributed by atoms with E-state index in [0.29, 0.717) is 17.2 Å². The van der Waals surface area contributed by atoms with E-state index in [2.05, 4.69) is 5.16 Å². The van der Waals surface area contributed by atoms with Gasteiger partial charge in [0.05, 0.1) is 16.6 Å². The van der Waals surface area contributed by atoms with Gasteiger partial charge in [0.1, 0.15) is 0 Å². The zero-order valence-corrected chi connectivity index (χ0v) is 15.5. The SMILES string of the molecule is CCc1cc([C@H]2CCCN2S(=O)(=O)c2cc(C)c(C)cc2C)on1. The summed E-state index contributed by atoms with van der Waals surface area (Å²) in [4.78, 5) is 0.396. The average molecular weight is 348 g/mol. The quantitative estimate of drug-likeness (QED) is 0.845. The van der Waals surface area contributed by atoms with E-state index in [1.807, 2.05) is 39.8 Å². The Bertz CT molecular complexity index is 855. The van der Waals surface area contributed by atoms with Crippen LogP contribution in [0.1, 0.15) is 54.0 Å². The molecule has 130 valence electrons. The normalized spacial score (nSPS) is 19.1. The Morgan fingerprint density at radius 3 is 2.54 bits per heavy atom. The van der Waals surface area contributed by atoms with Crippen LogP contribution in [0.15, 0.2) is 27.6 Å². The van der Waals surface area contributed by atoms with E-state index in [9.17, 15) is 8.42 Å². The molecule has 2 aromatic rings. The minimum Gasteiger partial charge on any atom is -0.359 e. The zero-order chi connectivity index (χ0) is 17.5. The largest absolute Gasteiger partial charge is 0.359 e. The molecule has 1 saturated heterocycles. The van der Waals surface area contributed by atoms with Crippen LogP contribution in [-0.2, 0) is 16.4 Å². The van der Waals surface area contributed by atoms with Gasteiger partial charge >= 0.3 is 0 Å². The van der Waals surface area contributed by atoms with Gasteiger partial charge in [-0.3, -0.25) is 0 Å². The van der Waals surface area contributed by atoms with Crippen molar-refractivity contribution in [3.05, 3.63) is 46.3 Å². The molecule has 5 nitrogen and oxygen atoms in total. The molecule has 1 fully saturated rings. The predicted octanol–water partition coefficient (Wildman–Crippen LogP) is 3.69. The fraction of sp³-hybridized carbons (Fsp3) is 0.500. The summed E-state index contributed by atoms with van der Waals surface area (Å²) in [5.74, 6) is 0.648. The highest BCUT2D eigenvalue weighted by Crippen LogP contribution is 2.37. The van der Waals surface area contributed by atoms with Crippen molar-refractivity contribution in [2.75, 3.05) is 6.54 Å². The molecule has 0 N–H and O–H groups in total. The smallest absolute Gasteiger partial charge is 0.244 e. The highest BCUT2D eigenvalue weighted by Gasteiger charge is 2.39. The summed E-state index contributed by atoms with van der Waals surface area (Å²) in [5, 5.41) is 4.02. The van der Waals surface area contributed by atoms with Crippen molar-refractivity contribution < 1.29 is 12.9 Å². The second-order valence-corrected chi connectivity index (χ2v) is 8.41. The molecule has 1 aromatic heterocycles. The van der Waals surface area contributed by atoms with Gasteiger partial charge in [-0.25, -0.2) is 8.42 Å². The Balaban J connectivity index is 2.01. The molecular formula is C18H24N2O3S. The number of sulfonamides is 1. The monoisotopic (exact) mass is 348 g/mol. The van der Waals surface area contributed by atoms with Crippen molar-refractivity contribution in [1.82, 2.24) is 9.46 Å². The molecule has 0 bridgehead atoms. The van der Waals surface area contributed by atoms with E-state index in [-0.39, 0.29) is 6.04 Å². The molecule has 6 heteroatoms. The van der Waals surface area contributed by atoms with Crippen molar-refractivity contribution >= 4 is 10.0 Å². The van der Waals surface area contributed by atoms with Gasteiger partial charge in [-0.2, -0.15) is 4.31 Å². The van der Waals surface area contributed by atoms with Gasteiger partial charge in [-0.1, -0.05) is 18.1 Å². The highest BCUT2D eigenvalue weighted by molar-refractivity contribution is 7.89. The first kappa shape index (κ1) is 17.2. The van der Waals surface area contributed by atoms with Crippen LogP contribution in [0.4, 0.5) is 0 Å². The number of aromatic nitrogens is 1. The lowest BCUT2D eigenvalue weighted by molar-refractivity contribution is 0.296. The lowest BCUT2D eigenvalue weighted by atomic mass is 10.1. The molecule has 0 unspecified atom stereocenters. The summed E-state index contributed by atoms with van der Waals surface area (Å²) in [6.07, 6.45) is 2.37. The van der Waals surface area contributed by atoms with Gasteiger partial charge in [0.25, 0.3) is 0 Å². The van der Waals surface area contributed by atoms with Crippen molar-refractivity contribution in [1.29, 1.82) is 0 Å². The minimum absolute atomic E-state index is 0.260. The topological polar surface area (TPSA) is 63.4 Å². The highest BCUT2D eigenvalue weighted by atomic mass is 32.2. The van der Waals surface area contributed by atoms with E-state index >= 15 is 0 Å². The summed E-state index contributed by atoms with van der Waals surface area (Å²) in [6, 6.07) is 5.35. The maximum Gasteiger partial charge on any atom is 0.244 e. The second kappa shape index (κ2) is 6.33. The van der Waals surface area contributed by atoms with Gasteiger partial charge in [-0.05, 0) is 62.8 Å². The number of hydrogen-bond acceptors (Lipinski definition) is 4. The van der Waals surface area contributed by atoms with E-state index in [0.717, 1.165) is 41.6 Å². The predicted molar refractivity (Wildman–Crippen MR) is 92.4 cm³/mol. The van der Waals surface area contributed by atoms with Gasteiger partial charge in [-0.15, -0.1) is 0 Å².